The summed E-state index contributed by atoms with van der Waals surface area (Å²) in [5.41, 5.74) is 1.63. The predicted octanol–water partition coefficient (Wildman–Crippen LogP) is 3.33. The van der Waals surface area contributed by atoms with Crippen LogP contribution in [-0.4, -0.2) is 96.1 Å². The maximum atomic E-state index is 12.9. The predicted molar refractivity (Wildman–Crippen MR) is 189 cm³/mol. The molecule has 2 aromatic rings. The standard InChI is InChI=1S/C38H50N4O11/c1-4-28(41-31(43)17-12-20-39)32(44)24(3)50-36-33(45)34(30(5-2)52-36)53-35-29(42-38(47)49-23-26-15-10-7-11-16-26)19-18-27(51-35)21-40-37(46)48-22-25-13-8-6-9-14-25/h6-11,13-16,18-19,24,27-30,32-36,44-45H,4-5,12,17,21-23H2,1-3H3,(H,40,46)(H,41,43)(H,42,47). The Hall–Kier alpha value is -4.56. The van der Waals surface area contributed by atoms with Gasteiger partial charge in [0.2, 0.25) is 5.91 Å². The van der Waals surface area contributed by atoms with Crippen LogP contribution in [-0.2, 0) is 46.4 Å². The quantitative estimate of drug-likeness (QED) is 0.140. The number of aliphatic hydroxyl groups excluding tert-OH is 2. The molecule has 15 nitrogen and oxygen atoms in total. The summed E-state index contributed by atoms with van der Waals surface area (Å²) in [4.78, 5) is 37.5. The summed E-state index contributed by atoms with van der Waals surface area (Å²) >= 11 is 0. The SMILES string of the molecule is CCC(NC(=O)CCC#N)C(O)C(C)OC1OC(CC)C(OC2OC(CNC(=O)OCc3ccccc3)C=CC2NC(=O)OCc2ccccc2)C1O. The van der Waals surface area contributed by atoms with Crippen molar-refractivity contribution in [3.8, 4) is 6.07 Å². The fourth-order valence-electron chi connectivity index (χ4n) is 5.81. The van der Waals surface area contributed by atoms with Crippen molar-refractivity contribution in [2.45, 2.75) is 121 Å². The van der Waals surface area contributed by atoms with Crippen molar-refractivity contribution >= 4 is 18.1 Å². The van der Waals surface area contributed by atoms with E-state index in [1.54, 1.807) is 26.0 Å². The third-order valence-corrected chi connectivity index (χ3v) is 8.77. The number of amides is 3. The van der Waals surface area contributed by atoms with E-state index in [9.17, 15) is 24.6 Å². The third kappa shape index (κ3) is 12.8. The van der Waals surface area contributed by atoms with Gasteiger partial charge in [0.25, 0.3) is 0 Å². The van der Waals surface area contributed by atoms with Crippen molar-refractivity contribution in [3.05, 3.63) is 83.9 Å². The van der Waals surface area contributed by atoms with E-state index in [1.165, 1.54) is 0 Å². The second-order valence-electron chi connectivity index (χ2n) is 12.7. The Morgan fingerprint density at radius 2 is 1.57 bits per heavy atom. The Balaban J connectivity index is 1.40. The van der Waals surface area contributed by atoms with Crippen molar-refractivity contribution in [2.24, 2.45) is 0 Å². The lowest BCUT2D eigenvalue weighted by Crippen LogP contribution is -2.53. The zero-order valence-corrected chi connectivity index (χ0v) is 30.2. The average Bonchev–Trinajstić information content (AvgIpc) is 3.47. The van der Waals surface area contributed by atoms with Crippen LogP contribution >= 0.6 is 0 Å². The third-order valence-electron chi connectivity index (χ3n) is 8.77. The summed E-state index contributed by atoms with van der Waals surface area (Å²) in [7, 11) is 0. The molecule has 0 radical (unpaired) electrons. The smallest absolute Gasteiger partial charge is 0.408 e. The van der Waals surface area contributed by atoms with E-state index in [0.29, 0.717) is 12.8 Å². The number of nitriles is 1. The van der Waals surface area contributed by atoms with Gasteiger partial charge in [-0.3, -0.25) is 4.79 Å². The Morgan fingerprint density at radius 3 is 2.17 bits per heavy atom. The maximum absolute atomic E-state index is 12.9. The molecule has 5 N–H and O–H groups in total. The first kappa shape index (κ1) is 41.2. The zero-order valence-electron chi connectivity index (χ0n) is 30.2. The number of nitrogens with zero attached hydrogens (tertiary/aromatic N) is 1. The number of carbonyl (C=O) groups excluding carboxylic acids is 3. The second kappa shape index (κ2) is 21.2. The highest BCUT2D eigenvalue weighted by Crippen LogP contribution is 2.31. The topological polar surface area (TPSA) is 207 Å². The van der Waals surface area contributed by atoms with Gasteiger partial charge < -0.3 is 54.6 Å². The van der Waals surface area contributed by atoms with Crippen LogP contribution in [0.3, 0.4) is 0 Å². The van der Waals surface area contributed by atoms with Gasteiger partial charge in [0.15, 0.2) is 12.6 Å². The molecule has 4 rings (SSSR count). The molecule has 10 unspecified atom stereocenters. The van der Waals surface area contributed by atoms with Crippen LogP contribution in [0.4, 0.5) is 9.59 Å². The molecule has 15 heteroatoms. The molecule has 0 aliphatic carbocycles. The van der Waals surface area contributed by atoms with Crippen LogP contribution in [0.2, 0.25) is 0 Å². The van der Waals surface area contributed by atoms with E-state index in [4.69, 9.17) is 33.7 Å². The van der Waals surface area contributed by atoms with Gasteiger partial charge >= 0.3 is 12.2 Å². The molecule has 0 aromatic heterocycles. The van der Waals surface area contributed by atoms with Gasteiger partial charge in [0.1, 0.15) is 37.6 Å². The molecule has 0 spiro atoms. The van der Waals surface area contributed by atoms with E-state index in [-0.39, 0.29) is 38.5 Å². The Kier molecular flexibility index (Phi) is 16.5. The summed E-state index contributed by atoms with van der Waals surface area (Å²) in [5, 5.41) is 39.3. The highest BCUT2D eigenvalue weighted by Gasteiger charge is 2.48. The number of hydrogen-bond acceptors (Lipinski definition) is 12. The number of ether oxygens (including phenoxy) is 6. The first-order valence-corrected chi connectivity index (χ1v) is 17.9. The number of carbonyl (C=O) groups is 3. The average molecular weight is 739 g/mol. The minimum Gasteiger partial charge on any atom is -0.445 e. The fraction of sp³-hybridized carbons (Fsp3) is 0.526. The largest absolute Gasteiger partial charge is 0.445 e. The van der Waals surface area contributed by atoms with Crippen LogP contribution in [0.25, 0.3) is 0 Å². The van der Waals surface area contributed by atoms with Gasteiger partial charge in [-0.05, 0) is 30.9 Å². The normalized spacial score (nSPS) is 25.3. The molecule has 10 atom stereocenters. The van der Waals surface area contributed by atoms with Gasteiger partial charge in [-0.15, -0.1) is 0 Å². The minimum absolute atomic E-state index is 0.00486. The van der Waals surface area contributed by atoms with Gasteiger partial charge in [0.05, 0.1) is 37.0 Å². The Morgan fingerprint density at radius 1 is 0.925 bits per heavy atom. The van der Waals surface area contributed by atoms with Gasteiger partial charge in [-0.1, -0.05) is 86.7 Å². The van der Waals surface area contributed by atoms with Crippen molar-refractivity contribution in [3.63, 3.8) is 0 Å². The summed E-state index contributed by atoms with van der Waals surface area (Å²) in [6, 6.07) is 18.8. The molecule has 3 amide bonds. The van der Waals surface area contributed by atoms with Crippen molar-refractivity contribution in [1.82, 2.24) is 16.0 Å². The lowest BCUT2D eigenvalue weighted by atomic mass is 10.0. The summed E-state index contributed by atoms with van der Waals surface area (Å²) in [6.45, 7) is 5.36. The van der Waals surface area contributed by atoms with E-state index in [2.05, 4.69) is 16.0 Å². The molecular formula is C38H50N4O11. The number of alkyl carbamates (subject to hydrolysis) is 2. The highest BCUT2D eigenvalue weighted by atomic mass is 16.7. The molecule has 2 aromatic carbocycles. The highest BCUT2D eigenvalue weighted by molar-refractivity contribution is 5.76. The molecular weight excluding hydrogens is 688 g/mol. The molecule has 288 valence electrons. The van der Waals surface area contributed by atoms with E-state index < -0.39 is 73.5 Å². The molecule has 2 aliphatic rings. The summed E-state index contributed by atoms with van der Waals surface area (Å²) < 4.78 is 35.2. The van der Waals surface area contributed by atoms with Crippen LogP contribution in [0.15, 0.2) is 72.8 Å². The lowest BCUT2D eigenvalue weighted by molar-refractivity contribution is -0.220. The number of rotatable bonds is 18. The monoisotopic (exact) mass is 738 g/mol. The molecule has 0 bridgehead atoms. The van der Waals surface area contributed by atoms with Crippen LogP contribution < -0.4 is 16.0 Å². The van der Waals surface area contributed by atoms with Crippen LogP contribution in [0, 0.1) is 11.3 Å². The zero-order chi connectivity index (χ0) is 38.2. The lowest BCUT2D eigenvalue weighted by Gasteiger charge is -2.35. The minimum atomic E-state index is -1.34. The van der Waals surface area contributed by atoms with Crippen molar-refractivity contribution < 1.29 is 53.0 Å². The Bertz CT molecular complexity index is 1510. The molecule has 0 saturated carbocycles. The first-order chi connectivity index (χ1) is 25.6. The fourth-order valence-corrected chi connectivity index (χ4v) is 5.81. The number of benzene rings is 2. The second-order valence-corrected chi connectivity index (χ2v) is 12.7. The molecule has 2 aliphatic heterocycles. The molecule has 1 fully saturated rings. The van der Waals surface area contributed by atoms with Crippen molar-refractivity contribution in [2.75, 3.05) is 6.54 Å². The van der Waals surface area contributed by atoms with Crippen LogP contribution in [0.5, 0.6) is 0 Å². The summed E-state index contributed by atoms with van der Waals surface area (Å²) in [5.74, 6) is -0.368. The van der Waals surface area contributed by atoms with Gasteiger partial charge in [0, 0.05) is 12.8 Å². The van der Waals surface area contributed by atoms with Gasteiger partial charge in [-0.25, -0.2) is 9.59 Å². The molecule has 1 saturated heterocycles. The molecule has 2 heterocycles. The number of aliphatic hydroxyl groups is 2. The van der Waals surface area contributed by atoms with E-state index in [0.717, 1.165) is 11.1 Å². The van der Waals surface area contributed by atoms with E-state index in [1.807, 2.05) is 73.7 Å². The maximum Gasteiger partial charge on any atom is 0.408 e. The van der Waals surface area contributed by atoms with Crippen LogP contribution in [0.1, 0.15) is 57.6 Å². The summed E-state index contributed by atoms with van der Waals surface area (Å²) in [6.07, 6.45) is -5.32. The number of hydrogen-bond donors (Lipinski definition) is 5. The number of nitrogens with one attached hydrogen (secondary N) is 3. The van der Waals surface area contributed by atoms with Crippen molar-refractivity contribution in [1.29, 1.82) is 5.26 Å². The Labute approximate surface area is 309 Å². The van der Waals surface area contributed by atoms with Gasteiger partial charge in [-0.2, -0.15) is 5.26 Å². The molecule has 53 heavy (non-hydrogen) atoms. The van der Waals surface area contributed by atoms with E-state index >= 15 is 0 Å². The first-order valence-electron chi connectivity index (χ1n) is 17.9.